The van der Waals surface area contributed by atoms with Gasteiger partial charge in [0.25, 0.3) is 0 Å². The van der Waals surface area contributed by atoms with Crippen molar-refractivity contribution in [3.05, 3.63) is 0 Å². The standard InChI is InChI=1S/C12H22N4O2S2/c1-7(11(17)13-3)15-5-9(15)19-20-10-6-16(10)8(2)12(18)14-4/h7-10H,5-6H2,1-4H3,(H,13,17)(H,14,18). The zero-order valence-corrected chi connectivity index (χ0v) is 13.9. The number of hydrogen-bond acceptors (Lipinski definition) is 6. The predicted molar refractivity (Wildman–Crippen MR) is 83.2 cm³/mol. The second kappa shape index (κ2) is 6.55. The van der Waals surface area contributed by atoms with Crippen LogP contribution in [0.1, 0.15) is 13.8 Å². The van der Waals surface area contributed by atoms with Crippen molar-refractivity contribution in [3.8, 4) is 0 Å². The fourth-order valence-corrected chi connectivity index (χ4v) is 5.21. The summed E-state index contributed by atoms with van der Waals surface area (Å²) >= 11 is 0. The van der Waals surface area contributed by atoms with Gasteiger partial charge in [0.1, 0.15) is 0 Å². The minimum atomic E-state index is -0.0572. The lowest BCUT2D eigenvalue weighted by Crippen LogP contribution is -2.35. The molecule has 8 heteroatoms. The van der Waals surface area contributed by atoms with Gasteiger partial charge in [-0.15, -0.1) is 0 Å². The van der Waals surface area contributed by atoms with E-state index in [2.05, 4.69) is 20.4 Å². The molecule has 6 nitrogen and oxygen atoms in total. The van der Waals surface area contributed by atoms with Crippen LogP contribution in [0.5, 0.6) is 0 Å². The van der Waals surface area contributed by atoms with E-state index in [4.69, 9.17) is 0 Å². The SMILES string of the molecule is CNC(=O)C(C)N1CC1SSC1CN1C(C)C(=O)NC. The average Bonchev–Trinajstić information content (AvgIpc) is 3.35. The monoisotopic (exact) mass is 318 g/mol. The molecule has 2 aliphatic heterocycles. The molecule has 0 aromatic rings. The van der Waals surface area contributed by atoms with E-state index in [1.165, 1.54) is 0 Å². The summed E-state index contributed by atoms with van der Waals surface area (Å²) in [6, 6.07) is -0.114. The van der Waals surface area contributed by atoms with Crippen LogP contribution in [0.15, 0.2) is 0 Å². The summed E-state index contributed by atoms with van der Waals surface area (Å²) in [5.74, 6) is 0.138. The molecule has 2 aliphatic rings. The first kappa shape index (κ1) is 15.9. The summed E-state index contributed by atoms with van der Waals surface area (Å²) in [5, 5.41) is 6.19. The zero-order chi connectivity index (χ0) is 14.9. The predicted octanol–water partition coefficient (Wildman–Crippen LogP) is -0.0798. The Bertz CT molecular complexity index is 360. The highest BCUT2D eigenvalue weighted by atomic mass is 33.1. The first-order chi connectivity index (χ1) is 9.49. The van der Waals surface area contributed by atoms with Crippen LogP contribution >= 0.6 is 21.6 Å². The van der Waals surface area contributed by atoms with Crippen LogP contribution in [0, 0.1) is 0 Å². The highest BCUT2D eigenvalue weighted by molar-refractivity contribution is 8.77. The van der Waals surface area contributed by atoms with Crippen LogP contribution in [0.2, 0.25) is 0 Å². The van der Waals surface area contributed by atoms with Crippen molar-refractivity contribution in [2.75, 3.05) is 27.2 Å². The maximum atomic E-state index is 11.5. The molecule has 2 amide bonds. The molecule has 2 heterocycles. The molecule has 20 heavy (non-hydrogen) atoms. The normalized spacial score (nSPS) is 34.0. The van der Waals surface area contributed by atoms with Gasteiger partial charge in [-0.05, 0) is 13.8 Å². The largest absolute Gasteiger partial charge is 0.358 e. The maximum absolute atomic E-state index is 11.5. The van der Waals surface area contributed by atoms with E-state index in [0.29, 0.717) is 10.7 Å². The molecule has 2 N–H and O–H groups in total. The van der Waals surface area contributed by atoms with E-state index in [-0.39, 0.29) is 23.9 Å². The molecule has 6 unspecified atom stereocenters. The Morgan fingerprint density at radius 3 is 1.60 bits per heavy atom. The summed E-state index contributed by atoms with van der Waals surface area (Å²) in [5.41, 5.74) is 0. The Morgan fingerprint density at radius 2 is 1.30 bits per heavy atom. The van der Waals surface area contributed by atoms with Crippen LogP contribution in [0.4, 0.5) is 0 Å². The molecule has 2 saturated heterocycles. The van der Waals surface area contributed by atoms with Gasteiger partial charge in [-0.2, -0.15) is 0 Å². The van der Waals surface area contributed by atoms with E-state index < -0.39 is 0 Å². The van der Waals surface area contributed by atoms with Crippen molar-refractivity contribution in [1.82, 2.24) is 20.4 Å². The van der Waals surface area contributed by atoms with Crippen LogP contribution in [-0.4, -0.2) is 71.6 Å². The molecule has 0 radical (unpaired) electrons. The fourth-order valence-electron chi connectivity index (χ4n) is 2.10. The van der Waals surface area contributed by atoms with Gasteiger partial charge < -0.3 is 10.6 Å². The van der Waals surface area contributed by atoms with Gasteiger partial charge in [-0.1, -0.05) is 21.6 Å². The molecular formula is C12H22N4O2S2. The van der Waals surface area contributed by atoms with Gasteiger partial charge in [0.05, 0.1) is 22.8 Å². The molecule has 114 valence electrons. The van der Waals surface area contributed by atoms with Crippen LogP contribution in [0.25, 0.3) is 0 Å². The minimum absolute atomic E-state index is 0.0572. The molecular weight excluding hydrogens is 296 g/mol. The van der Waals surface area contributed by atoms with E-state index in [1.54, 1.807) is 35.7 Å². The van der Waals surface area contributed by atoms with Crippen LogP contribution < -0.4 is 10.6 Å². The van der Waals surface area contributed by atoms with Crippen molar-refractivity contribution in [2.45, 2.75) is 36.7 Å². The third-order valence-corrected chi connectivity index (χ3v) is 6.79. The average molecular weight is 318 g/mol. The lowest BCUT2D eigenvalue weighted by Gasteiger charge is -2.12. The molecule has 0 aromatic heterocycles. The minimum Gasteiger partial charge on any atom is -0.358 e. The molecule has 0 aliphatic carbocycles. The lowest BCUT2D eigenvalue weighted by molar-refractivity contribution is -0.124. The van der Waals surface area contributed by atoms with E-state index in [0.717, 1.165) is 13.1 Å². The number of carbonyl (C=O) groups is 2. The smallest absolute Gasteiger partial charge is 0.236 e. The Hall–Kier alpha value is -0.440. The lowest BCUT2D eigenvalue weighted by atomic mass is 10.3. The Balaban J connectivity index is 1.65. The number of nitrogens with one attached hydrogen (secondary N) is 2. The van der Waals surface area contributed by atoms with Crippen molar-refractivity contribution in [3.63, 3.8) is 0 Å². The molecule has 6 atom stereocenters. The second-order valence-electron chi connectivity index (χ2n) is 5.08. The van der Waals surface area contributed by atoms with Gasteiger partial charge in [0.15, 0.2) is 0 Å². The zero-order valence-electron chi connectivity index (χ0n) is 12.3. The first-order valence-corrected chi connectivity index (χ1v) is 9.04. The molecule has 0 bridgehead atoms. The number of hydrogen-bond donors (Lipinski definition) is 2. The highest BCUT2D eigenvalue weighted by Gasteiger charge is 2.45. The number of likely N-dealkylation sites (N-methyl/N-ethyl adjacent to an activating group) is 2. The summed E-state index contributed by atoms with van der Waals surface area (Å²) in [6.45, 7) is 5.79. The van der Waals surface area contributed by atoms with E-state index >= 15 is 0 Å². The van der Waals surface area contributed by atoms with Crippen molar-refractivity contribution in [2.24, 2.45) is 0 Å². The molecule has 0 aromatic carbocycles. The van der Waals surface area contributed by atoms with Gasteiger partial charge in [-0.3, -0.25) is 19.4 Å². The summed E-state index contributed by atoms with van der Waals surface area (Å²) in [4.78, 5) is 27.4. The van der Waals surface area contributed by atoms with Gasteiger partial charge >= 0.3 is 0 Å². The maximum Gasteiger partial charge on any atom is 0.236 e. The Labute approximate surface area is 127 Å². The number of amides is 2. The van der Waals surface area contributed by atoms with E-state index in [9.17, 15) is 9.59 Å². The Morgan fingerprint density at radius 1 is 0.950 bits per heavy atom. The van der Waals surface area contributed by atoms with Gasteiger partial charge in [-0.25, -0.2) is 0 Å². The fraction of sp³-hybridized carbons (Fsp3) is 0.833. The van der Waals surface area contributed by atoms with Crippen molar-refractivity contribution >= 4 is 33.4 Å². The van der Waals surface area contributed by atoms with Crippen molar-refractivity contribution in [1.29, 1.82) is 0 Å². The van der Waals surface area contributed by atoms with Gasteiger partial charge in [0, 0.05) is 27.2 Å². The number of carbonyl (C=O) groups excluding carboxylic acids is 2. The second-order valence-corrected chi connectivity index (χ2v) is 7.70. The highest BCUT2D eigenvalue weighted by Crippen LogP contribution is 2.46. The third-order valence-electron chi connectivity index (χ3n) is 3.73. The topological polar surface area (TPSA) is 64.2 Å². The molecule has 2 rings (SSSR count). The van der Waals surface area contributed by atoms with Crippen LogP contribution in [-0.2, 0) is 9.59 Å². The molecule has 0 spiro atoms. The summed E-state index contributed by atoms with van der Waals surface area (Å²) < 4.78 is 0. The number of rotatable bonds is 7. The first-order valence-electron chi connectivity index (χ1n) is 6.76. The number of nitrogens with zero attached hydrogens (tertiary/aromatic N) is 2. The quantitative estimate of drug-likeness (QED) is 0.506. The van der Waals surface area contributed by atoms with Crippen LogP contribution in [0.3, 0.4) is 0 Å². The van der Waals surface area contributed by atoms with E-state index in [1.807, 2.05) is 13.8 Å². The molecule has 2 fully saturated rings. The third kappa shape index (κ3) is 3.60. The molecule has 0 saturated carbocycles. The van der Waals surface area contributed by atoms with Gasteiger partial charge in [0.2, 0.25) is 11.8 Å². The summed E-state index contributed by atoms with van der Waals surface area (Å²) in [7, 11) is 6.95. The van der Waals surface area contributed by atoms with Crippen molar-refractivity contribution < 1.29 is 9.59 Å². The Kier molecular flexibility index (Phi) is 5.22. The summed E-state index contributed by atoms with van der Waals surface area (Å²) in [6.07, 6.45) is 0.